The molecule has 1 nitrogen and oxygen atoms in total. The second-order valence-electron chi connectivity index (χ2n) is 1.79. The monoisotopic (exact) mass is 178 g/mol. The highest BCUT2D eigenvalue weighted by molar-refractivity contribution is 4.76. The molecule has 0 radical (unpaired) electrons. The molecular weight excluding hydrogens is 171 g/mol. The Morgan fingerprint density at radius 2 is 1.64 bits per heavy atom. The predicted molar refractivity (Wildman–Crippen MR) is 27.5 cm³/mol. The van der Waals surface area contributed by atoms with Gasteiger partial charge in [0.2, 0.25) is 0 Å². The summed E-state index contributed by atoms with van der Waals surface area (Å²) in [7, 11) is 0. The van der Waals surface area contributed by atoms with Gasteiger partial charge >= 0.3 is 12.0 Å². The van der Waals surface area contributed by atoms with Gasteiger partial charge in [0.1, 0.15) is 0 Å². The van der Waals surface area contributed by atoms with Crippen molar-refractivity contribution in [3.63, 3.8) is 0 Å². The first-order chi connectivity index (χ1) is 4.87. The average molecular weight is 178 g/mol. The molecular formula is C5H7F5O. The van der Waals surface area contributed by atoms with Crippen molar-refractivity contribution in [2.75, 3.05) is 13.3 Å². The number of rotatable bonds is 3. The van der Waals surface area contributed by atoms with E-state index in [4.69, 9.17) is 0 Å². The zero-order valence-electron chi connectivity index (χ0n) is 5.71. The topological polar surface area (TPSA) is 9.23 Å². The van der Waals surface area contributed by atoms with Crippen molar-refractivity contribution in [3.05, 3.63) is 0 Å². The Morgan fingerprint density at radius 1 is 1.18 bits per heavy atom. The summed E-state index contributed by atoms with van der Waals surface area (Å²) in [6.45, 7) is -1.60. The van der Waals surface area contributed by atoms with Crippen LogP contribution in [0.4, 0.5) is 22.0 Å². The van der Waals surface area contributed by atoms with Crippen LogP contribution in [-0.4, -0.2) is 25.3 Å². The van der Waals surface area contributed by atoms with Gasteiger partial charge in [-0.25, -0.2) is 4.39 Å². The fourth-order valence-electron chi connectivity index (χ4n) is 0.425. The van der Waals surface area contributed by atoms with Crippen LogP contribution in [0, 0.1) is 0 Å². The predicted octanol–water partition coefficient (Wildman–Crippen LogP) is 2.22. The zero-order chi connectivity index (χ0) is 9.12. The fraction of sp³-hybridized carbons (Fsp3) is 1.00. The lowest BCUT2D eigenvalue weighted by Crippen LogP contribution is -2.45. The van der Waals surface area contributed by atoms with E-state index in [0.717, 1.165) is 6.92 Å². The Kier molecular flexibility index (Phi) is 3.22. The Balaban J connectivity index is 4.33. The molecule has 0 N–H and O–H groups in total. The summed E-state index contributed by atoms with van der Waals surface area (Å²) < 4.78 is 62.0. The van der Waals surface area contributed by atoms with E-state index >= 15 is 0 Å². The second kappa shape index (κ2) is 3.34. The molecule has 0 rings (SSSR count). The van der Waals surface area contributed by atoms with E-state index in [2.05, 4.69) is 4.74 Å². The maximum absolute atomic E-state index is 12.3. The molecule has 0 spiro atoms. The van der Waals surface area contributed by atoms with Crippen molar-refractivity contribution in [2.24, 2.45) is 0 Å². The number of halogens is 5. The fourth-order valence-corrected chi connectivity index (χ4v) is 0.425. The second-order valence-corrected chi connectivity index (χ2v) is 1.79. The smallest absolute Gasteiger partial charge is 0.337 e. The summed E-state index contributed by atoms with van der Waals surface area (Å²) in [5.74, 6) is -4.14. The first kappa shape index (κ1) is 10.6. The number of alkyl halides is 5. The molecule has 0 fully saturated rings. The summed E-state index contributed by atoms with van der Waals surface area (Å²) >= 11 is 0. The molecule has 68 valence electrons. The maximum atomic E-state index is 12.3. The van der Waals surface area contributed by atoms with E-state index in [0.29, 0.717) is 0 Å². The molecule has 1 atom stereocenters. The van der Waals surface area contributed by atoms with Crippen LogP contribution in [-0.2, 0) is 4.74 Å². The SMILES string of the molecule is CCOC(F)(CF)C(F)(F)F. The van der Waals surface area contributed by atoms with Crippen molar-refractivity contribution < 1.29 is 26.7 Å². The molecule has 6 heteroatoms. The first-order valence-electron chi connectivity index (χ1n) is 2.83. The molecule has 0 aliphatic carbocycles. The van der Waals surface area contributed by atoms with Crippen LogP contribution in [0.2, 0.25) is 0 Å². The lowest BCUT2D eigenvalue weighted by atomic mass is 10.3. The van der Waals surface area contributed by atoms with Crippen LogP contribution in [0.3, 0.4) is 0 Å². The van der Waals surface area contributed by atoms with Crippen LogP contribution < -0.4 is 0 Å². The van der Waals surface area contributed by atoms with Gasteiger partial charge in [0, 0.05) is 6.61 Å². The Bertz CT molecular complexity index is 123. The van der Waals surface area contributed by atoms with Crippen molar-refractivity contribution in [3.8, 4) is 0 Å². The third-order valence-electron chi connectivity index (χ3n) is 0.968. The minimum absolute atomic E-state index is 0.528. The molecule has 0 amide bonds. The van der Waals surface area contributed by atoms with Crippen molar-refractivity contribution in [2.45, 2.75) is 19.0 Å². The standard InChI is InChI=1S/C5H7F5O/c1-2-11-4(7,3-6)5(8,9)10/h2-3H2,1H3. The van der Waals surface area contributed by atoms with Crippen LogP contribution in [0.5, 0.6) is 0 Å². The van der Waals surface area contributed by atoms with E-state index in [-0.39, 0.29) is 0 Å². The summed E-state index contributed by atoms with van der Waals surface area (Å²) in [4.78, 5) is 0. The molecule has 0 heterocycles. The largest absolute Gasteiger partial charge is 0.451 e. The summed E-state index contributed by atoms with van der Waals surface area (Å²) in [6, 6.07) is 0. The molecule has 1 unspecified atom stereocenters. The zero-order valence-corrected chi connectivity index (χ0v) is 5.71. The quantitative estimate of drug-likeness (QED) is 0.602. The molecule has 0 aromatic carbocycles. The number of ether oxygens (including phenoxy) is 1. The van der Waals surface area contributed by atoms with Crippen molar-refractivity contribution in [1.82, 2.24) is 0 Å². The van der Waals surface area contributed by atoms with Gasteiger partial charge < -0.3 is 4.74 Å². The van der Waals surface area contributed by atoms with Gasteiger partial charge in [-0.15, -0.1) is 0 Å². The van der Waals surface area contributed by atoms with Gasteiger partial charge in [0.15, 0.2) is 6.67 Å². The van der Waals surface area contributed by atoms with Gasteiger partial charge in [-0.05, 0) is 6.92 Å². The van der Waals surface area contributed by atoms with Gasteiger partial charge in [0.05, 0.1) is 0 Å². The van der Waals surface area contributed by atoms with E-state index in [9.17, 15) is 22.0 Å². The first-order valence-corrected chi connectivity index (χ1v) is 2.83. The van der Waals surface area contributed by atoms with E-state index in [1.165, 1.54) is 0 Å². The molecule has 0 bridgehead atoms. The van der Waals surface area contributed by atoms with Gasteiger partial charge in [0.25, 0.3) is 0 Å². The summed E-state index contributed by atoms with van der Waals surface area (Å²) in [5.41, 5.74) is 0. The molecule has 0 aromatic heterocycles. The molecule has 0 saturated heterocycles. The maximum Gasteiger partial charge on any atom is 0.451 e. The molecule has 0 aromatic rings. The minimum Gasteiger partial charge on any atom is -0.337 e. The lowest BCUT2D eigenvalue weighted by molar-refractivity contribution is -0.335. The molecule has 0 aliphatic heterocycles. The Morgan fingerprint density at radius 3 is 1.73 bits per heavy atom. The highest BCUT2D eigenvalue weighted by atomic mass is 19.4. The molecule has 11 heavy (non-hydrogen) atoms. The summed E-state index contributed by atoms with van der Waals surface area (Å²) in [5, 5.41) is 0. The highest BCUT2D eigenvalue weighted by Crippen LogP contribution is 2.35. The Labute approximate surface area is 60.1 Å². The van der Waals surface area contributed by atoms with Crippen LogP contribution in [0.15, 0.2) is 0 Å². The van der Waals surface area contributed by atoms with Crippen LogP contribution >= 0.6 is 0 Å². The van der Waals surface area contributed by atoms with Crippen molar-refractivity contribution in [1.29, 1.82) is 0 Å². The third kappa shape index (κ3) is 2.28. The van der Waals surface area contributed by atoms with Crippen molar-refractivity contribution >= 4 is 0 Å². The van der Waals surface area contributed by atoms with E-state index in [1.807, 2.05) is 0 Å². The number of hydrogen-bond donors (Lipinski definition) is 0. The highest BCUT2D eigenvalue weighted by Gasteiger charge is 2.57. The number of hydrogen-bond acceptors (Lipinski definition) is 1. The third-order valence-corrected chi connectivity index (χ3v) is 0.968. The van der Waals surface area contributed by atoms with Crippen LogP contribution in [0.1, 0.15) is 6.92 Å². The van der Waals surface area contributed by atoms with Crippen LogP contribution in [0.25, 0.3) is 0 Å². The Hall–Kier alpha value is -0.390. The average Bonchev–Trinajstić information content (AvgIpc) is 1.86. The summed E-state index contributed by atoms with van der Waals surface area (Å²) in [6.07, 6.45) is -5.31. The lowest BCUT2D eigenvalue weighted by Gasteiger charge is -2.23. The normalized spacial score (nSPS) is 18.0. The molecule has 0 aliphatic rings. The minimum atomic E-state index is -5.31. The molecule has 0 saturated carbocycles. The van der Waals surface area contributed by atoms with E-state index < -0.39 is 25.3 Å². The van der Waals surface area contributed by atoms with Gasteiger partial charge in [-0.1, -0.05) is 0 Å². The van der Waals surface area contributed by atoms with E-state index in [1.54, 1.807) is 0 Å². The van der Waals surface area contributed by atoms with Gasteiger partial charge in [-0.3, -0.25) is 0 Å². The van der Waals surface area contributed by atoms with Gasteiger partial charge in [-0.2, -0.15) is 17.6 Å².